The number of carbonyl (C=O) groups excluding carboxylic acids is 1. The number of amides is 1. The Morgan fingerprint density at radius 2 is 2.00 bits per heavy atom. The first-order valence-corrected chi connectivity index (χ1v) is 9.08. The number of likely N-dealkylation sites (N-methyl/N-ethyl adjacent to an activating group) is 1. The normalized spacial score (nSPS) is 15.3. The zero-order valence-electron chi connectivity index (χ0n) is 15.6. The predicted octanol–water partition coefficient (Wildman–Crippen LogP) is 1.11. The van der Waals surface area contributed by atoms with Crippen molar-refractivity contribution in [3.8, 4) is 0 Å². The van der Waals surface area contributed by atoms with Gasteiger partial charge in [-0.15, -0.1) is 0 Å². The Morgan fingerprint density at radius 3 is 2.78 bits per heavy atom. The van der Waals surface area contributed by atoms with E-state index in [4.69, 9.17) is 0 Å². The van der Waals surface area contributed by atoms with E-state index in [0.29, 0.717) is 23.8 Å². The van der Waals surface area contributed by atoms with E-state index in [2.05, 4.69) is 37.2 Å². The lowest BCUT2D eigenvalue weighted by Crippen LogP contribution is -2.45. The molecule has 0 saturated carbocycles. The van der Waals surface area contributed by atoms with Crippen LogP contribution in [0.15, 0.2) is 36.8 Å². The molecule has 3 aromatic heterocycles. The van der Waals surface area contributed by atoms with E-state index in [0.717, 1.165) is 37.3 Å². The van der Waals surface area contributed by atoms with Crippen LogP contribution in [0, 0.1) is 6.92 Å². The van der Waals surface area contributed by atoms with Gasteiger partial charge in [0, 0.05) is 50.7 Å². The van der Waals surface area contributed by atoms with Gasteiger partial charge in [-0.1, -0.05) is 6.07 Å². The second-order valence-corrected chi connectivity index (χ2v) is 6.84. The van der Waals surface area contributed by atoms with E-state index >= 15 is 0 Å². The molecular formula is C19H23N7O. The quantitative estimate of drug-likeness (QED) is 0.746. The summed E-state index contributed by atoms with van der Waals surface area (Å²) in [4.78, 5) is 26.0. The van der Waals surface area contributed by atoms with Crippen LogP contribution in [0.3, 0.4) is 0 Å². The minimum atomic E-state index is -0.173. The molecule has 0 unspecified atom stereocenters. The van der Waals surface area contributed by atoms with E-state index in [1.54, 1.807) is 16.9 Å². The number of nitrogens with one attached hydrogen (secondary N) is 1. The Bertz CT molecular complexity index is 960. The smallest absolute Gasteiger partial charge is 0.254 e. The lowest BCUT2D eigenvalue weighted by molar-refractivity contribution is 0.0949. The van der Waals surface area contributed by atoms with Crippen molar-refractivity contribution in [2.75, 3.05) is 38.1 Å². The maximum atomic E-state index is 12.6. The Labute approximate surface area is 157 Å². The molecule has 8 heteroatoms. The largest absolute Gasteiger partial charge is 0.348 e. The molecule has 1 aliphatic heterocycles. The molecule has 4 rings (SSSR count). The zero-order chi connectivity index (χ0) is 18.8. The molecule has 0 aliphatic carbocycles. The first-order chi connectivity index (χ1) is 13.1. The number of hydrogen-bond donors (Lipinski definition) is 1. The van der Waals surface area contributed by atoms with Gasteiger partial charge in [0.15, 0.2) is 0 Å². The molecule has 4 heterocycles. The number of pyridine rings is 1. The molecule has 0 radical (unpaired) electrons. The van der Waals surface area contributed by atoms with Crippen molar-refractivity contribution in [1.29, 1.82) is 0 Å². The number of nitrogens with zero attached hydrogens (tertiary/aromatic N) is 6. The summed E-state index contributed by atoms with van der Waals surface area (Å²) in [5, 5.41) is 7.23. The van der Waals surface area contributed by atoms with Gasteiger partial charge in [0.25, 0.3) is 5.91 Å². The molecule has 27 heavy (non-hydrogen) atoms. The number of rotatable bonds is 4. The van der Waals surface area contributed by atoms with Crippen molar-refractivity contribution in [2.24, 2.45) is 0 Å². The summed E-state index contributed by atoms with van der Waals surface area (Å²) in [5.41, 5.74) is 3.15. The lowest BCUT2D eigenvalue weighted by atomic mass is 10.2. The number of aryl methyl sites for hydroxylation is 1. The van der Waals surface area contributed by atoms with Gasteiger partial charge >= 0.3 is 0 Å². The first kappa shape index (κ1) is 17.4. The average molecular weight is 365 g/mol. The third-order valence-corrected chi connectivity index (χ3v) is 4.94. The molecule has 1 N–H and O–H groups in total. The van der Waals surface area contributed by atoms with E-state index in [9.17, 15) is 4.79 Å². The summed E-state index contributed by atoms with van der Waals surface area (Å²) in [6.45, 7) is 6.04. The van der Waals surface area contributed by atoms with Gasteiger partial charge in [-0.05, 0) is 26.1 Å². The van der Waals surface area contributed by atoms with E-state index in [1.165, 1.54) is 0 Å². The summed E-state index contributed by atoms with van der Waals surface area (Å²) < 4.78 is 1.79. The van der Waals surface area contributed by atoms with E-state index < -0.39 is 0 Å². The minimum Gasteiger partial charge on any atom is -0.348 e. The molecule has 0 spiro atoms. The molecule has 140 valence electrons. The molecule has 1 aliphatic rings. The maximum absolute atomic E-state index is 12.6. The summed E-state index contributed by atoms with van der Waals surface area (Å²) >= 11 is 0. The predicted molar refractivity (Wildman–Crippen MR) is 103 cm³/mol. The second-order valence-electron chi connectivity index (χ2n) is 6.84. The van der Waals surface area contributed by atoms with Crippen LogP contribution >= 0.6 is 0 Å². The number of carbonyl (C=O) groups is 1. The maximum Gasteiger partial charge on any atom is 0.254 e. The van der Waals surface area contributed by atoms with Crippen molar-refractivity contribution in [3.05, 3.63) is 53.6 Å². The van der Waals surface area contributed by atoms with Crippen LogP contribution in [-0.2, 0) is 6.54 Å². The highest BCUT2D eigenvalue weighted by Gasteiger charge is 2.19. The van der Waals surface area contributed by atoms with Crippen LogP contribution in [0.5, 0.6) is 0 Å². The van der Waals surface area contributed by atoms with Gasteiger partial charge in [0.05, 0.1) is 23.0 Å². The molecule has 0 bridgehead atoms. The highest BCUT2D eigenvalue weighted by Crippen LogP contribution is 2.14. The summed E-state index contributed by atoms with van der Waals surface area (Å²) in [7, 11) is 2.11. The van der Waals surface area contributed by atoms with Crippen LogP contribution in [0.2, 0.25) is 0 Å². The van der Waals surface area contributed by atoms with Crippen molar-refractivity contribution in [1.82, 2.24) is 29.8 Å². The SMILES string of the molecule is Cc1nc(N2CCN(C)CC2)ncc1C(=O)NCc1cnn2ccccc12. The lowest BCUT2D eigenvalue weighted by Gasteiger charge is -2.32. The van der Waals surface area contributed by atoms with Crippen molar-refractivity contribution < 1.29 is 4.79 Å². The Morgan fingerprint density at radius 1 is 1.19 bits per heavy atom. The standard InChI is InChI=1S/C19H23N7O/c1-14-16(13-21-19(23-14)25-9-7-24(2)8-10-25)18(27)20-11-15-12-22-26-6-4-3-5-17(15)26/h3-6,12-13H,7-11H2,1-2H3,(H,20,27). The zero-order valence-corrected chi connectivity index (χ0v) is 15.6. The third-order valence-electron chi connectivity index (χ3n) is 4.94. The fourth-order valence-electron chi connectivity index (χ4n) is 3.23. The van der Waals surface area contributed by atoms with Crippen LogP contribution in [-0.4, -0.2) is 63.6 Å². The van der Waals surface area contributed by atoms with Gasteiger partial charge in [-0.2, -0.15) is 5.10 Å². The van der Waals surface area contributed by atoms with Gasteiger partial charge in [0.1, 0.15) is 0 Å². The van der Waals surface area contributed by atoms with Gasteiger partial charge < -0.3 is 15.1 Å². The first-order valence-electron chi connectivity index (χ1n) is 9.08. The topological polar surface area (TPSA) is 78.7 Å². The fourth-order valence-corrected chi connectivity index (χ4v) is 3.23. The Balaban J connectivity index is 1.44. The Kier molecular flexibility index (Phi) is 4.72. The molecule has 0 atom stereocenters. The van der Waals surface area contributed by atoms with Gasteiger partial charge in [-0.3, -0.25) is 4.79 Å². The number of piperazine rings is 1. The fraction of sp³-hybridized carbons (Fsp3) is 0.368. The van der Waals surface area contributed by atoms with E-state index in [1.807, 2.05) is 31.3 Å². The van der Waals surface area contributed by atoms with Crippen molar-refractivity contribution in [3.63, 3.8) is 0 Å². The number of aromatic nitrogens is 4. The molecule has 1 saturated heterocycles. The molecule has 1 fully saturated rings. The van der Waals surface area contributed by atoms with Crippen LogP contribution in [0.4, 0.5) is 5.95 Å². The molecule has 1 amide bonds. The minimum absolute atomic E-state index is 0.173. The second kappa shape index (κ2) is 7.32. The van der Waals surface area contributed by atoms with Crippen molar-refractivity contribution >= 4 is 17.4 Å². The molecular weight excluding hydrogens is 342 g/mol. The van der Waals surface area contributed by atoms with E-state index in [-0.39, 0.29) is 5.91 Å². The molecule has 3 aromatic rings. The van der Waals surface area contributed by atoms with Crippen LogP contribution in [0.1, 0.15) is 21.6 Å². The Hall–Kier alpha value is -3.00. The van der Waals surface area contributed by atoms with Crippen LogP contribution < -0.4 is 10.2 Å². The average Bonchev–Trinajstić information content (AvgIpc) is 3.10. The van der Waals surface area contributed by atoms with Crippen molar-refractivity contribution in [2.45, 2.75) is 13.5 Å². The number of hydrogen-bond acceptors (Lipinski definition) is 6. The summed E-state index contributed by atoms with van der Waals surface area (Å²) in [6.07, 6.45) is 5.28. The summed E-state index contributed by atoms with van der Waals surface area (Å²) in [5.74, 6) is 0.521. The third kappa shape index (κ3) is 3.61. The highest BCUT2D eigenvalue weighted by molar-refractivity contribution is 5.95. The van der Waals surface area contributed by atoms with Gasteiger partial charge in [0.2, 0.25) is 5.95 Å². The highest BCUT2D eigenvalue weighted by atomic mass is 16.1. The summed E-state index contributed by atoms with van der Waals surface area (Å²) in [6, 6.07) is 5.86. The van der Waals surface area contributed by atoms with Crippen LogP contribution in [0.25, 0.3) is 5.52 Å². The van der Waals surface area contributed by atoms with Gasteiger partial charge in [-0.25, -0.2) is 14.5 Å². The molecule has 8 nitrogen and oxygen atoms in total. The molecule has 0 aromatic carbocycles. The number of fused-ring (bicyclic) bond motifs is 1. The monoisotopic (exact) mass is 365 g/mol. The number of anilines is 1.